The Morgan fingerprint density at radius 3 is 1.48 bits per heavy atom. The molecule has 0 aliphatic heterocycles. The molecule has 0 atom stereocenters. The highest BCUT2D eigenvalue weighted by atomic mass is 14.4. The van der Waals surface area contributed by atoms with Gasteiger partial charge in [0.05, 0.1) is 0 Å². The molecule has 274 valence electrons. The highest BCUT2D eigenvalue weighted by molar-refractivity contribution is 6.23. The summed E-state index contributed by atoms with van der Waals surface area (Å²) in [6.45, 7) is 9.61. The summed E-state index contributed by atoms with van der Waals surface area (Å²) in [4.78, 5) is 0. The minimum Gasteiger partial charge on any atom is -0.0619 e. The van der Waals surface area contributed by atoms with Crippen molar-refractivity contribution in [3.8, 4) is 55.6 Å². The largest absolute Gasteiger partial charge is 0.0619 e. The zero-order valence-electron chi connectivity index (χ0n) is 33.3. The van der Waals surface area contributed by atoms with Gasteiger partial charge in [-0.1, -0.05) is 198 Å². The van der Waals surface area contributed by atoms with Crippen molar-refractivity contribution < 1.29 is 0 Å². The van der Waals surface area contributed by atoms with Gasteiger partial charge in [-0.15, -0.1) is 0 Å². The Morgan fingerprint density at radius 2 is 0.759 bits per heavy atom. The second-order valence-electron chi connectivity index (χ2n) is 17.6. The van der Waals surface area contributed by atoms with Gasteiger partial charge in [0.15, 0.2) is 0 Å². The average Bonchev–Trinajstić information content (AvgIpc) is 3.64. The maximum absolute atomic E-state index is 2.50. The van der Waals surface area contributed by atoms with Crippen molar-refractivity contribution in [2.24, 2.45) is 0 Å². The predicted molar refractivity (Wildman–Crippen MR) is 248 cm³/mol. The lowest BCUT2D eigenvalue weighted by Crippen LogP contribution is -2.15. The van der Waals surface area contributed by atoms with Crippen LogP contribution in [0.3, 0.4) is 0 Å². The summed E-state index contributed by atoms with van der Waals surface area (Å²) < 4.78 is 0. The summed E-state index contributed by atoms with van der Waals surface area (Å²) in [6, 6.07) is 68.6. The second kappa shape index (κ2) is 11.9. The van der Waals surface area contributed by atoms with Crippen LogP contribution < -0.4 is 0 Å². The van der Waals surface area contributed by atoms with E-state index in [1.165, 1.54) is 121 Å². The number of hydrogen-bond acceptors (Lipinski definition) is 0. The summed E-state index contributed by atoms with van der Waals surface area (Å²) in [5.74, 6) is 0. The fraction of sp³-hybridized carbons (Fsp3) is 0.103. The van der Waals surface area contributed by atoms with Crippen LogP contribution in [0, 0.1) is 0 Å². The Bertz CT molecular complexity index is 3330. The summed E-state index contributed by atoms with van der Waals surface area (Å²) in [5, 5.41) is 10.4. The topological polar surface area (TPSA) is 0 Å². The average molecular weight is 739 g/mol. The van der Waals surface area contributed by atoms with Gasteiger partial charge in [0.1, 0.15) is 0 Å². The van der Waals surface area contributed by atoms with E-state index in [9.17, 15) is 0 Å². The van der Waals surface area contributed by atoms with Crippen molar-refractivity contribution in [3.63, 3.8) is 0 Å². The van der Waals surface area contributed by atoms with Gasteiger partial charge in [0.2, 0.25) is 0 Å². The number of benzene rings is 10. The maximum atomic E-state index is 2.50. The molecule has 58 heavy (non-hydrogen) atoms. The molecule has 0 spiro atoms. The third-order valence-corrected chi connectivity index (χ3v) is 13.8. The van der Waals surface area contributed by atoms with Crippen molar-refractivity contribution in [3.05, 3.63) is 204 Å². The molecule has 0 aromatic heterocycles. The van der Waals surface area contributed by atoms with Crippen LogP contribution in [0.15, 0.2) is 182 Å². The Kier molecular flexibility index (Phi) is 6.84. The summed E-state index contributed by atoms with van der Waals surface area (Å²) in [6.07, 6.45) is 0. The zero-order chi connectivity index (χ0) is 38.9. The molecule has 0 nitrogen and oxygen atoms in total. The first-order valence-electron chi connectivity index (χ1n) is 20.7. The van der Waals surface area contributed by atoms with E-state index in [0.717, 1.165) is 0 Å². The molecule has 10 aromatic carbocycles. The summed E-state index contributed by atoms with van der Waals surface area (Å²) >= 11 is 0. The van der Waals surface area contributed by atoms with Crippen LogP contribution in [0.2, 0.25) is 0 Å². The van der Waals surface area contributed by atoms with E-state index >= 15 is 0 Å². The molecule has 0 heteroatoms. The first kappa shape index (κ1) is 33.4. The molecule has 0 amide bonds. The first-order chi connectivity index (χ1) is 28.3. The van der Waals surface area contributed by atoms with E-state index < -0.39 is 0 Å². The maximum Gasteiger partial charge on any atom is 0.0165 e. The van der Waals surface area contributed by atoms with E-state index in [1.54, 1.807) is 0 Å². The second-order valence-corrected chi connectivity index (χ2v) is 17.6. The molecule has 0 fully saturated rings. The lowest BCUT2D eigenvalue weighted by atomic mass is 9.78. The fourth-order valence-corrected chi connectivity index (χ4v) is 11.1. The lowest BCUT2D eigenvalue weighted by Gasteiger charge is -2.24. The molecule has 2 aliphatic carbocycles. The Labute approximate surface area is 340 Å². The molecule has 12 rings (SSSR count). The molecular weight excluding hydrogens is 697 g/mol. The van der Waals surface area contributed by atoms with Crippen molar-refractivity contribution in [2.45, 2.75) is 38.5 Å². The van der Waals surface area contributed by atoms with Crippen molar-refractivity contribution >= 4 is 43.1 Å². The molecule has 10 aromatic rings. The SMILES string of the molecule is CC1(C)c2cc(-c3cccc4c5c(ccc34)-c3ccccc3C5(C)C)ccc2-c2ccc(-c3c4ccccc4c(-c4cccc5ccccc45)c4ccccc34)cc21. The van der Waals surface area contributed by atoms with Crippen molar-refractivity contribution in [2.75, 3.05) is 0 Å². The van der Waals surface area contributed by atoms with Gasteiger partial charge in [0, 0.05) is 10.8 Å². The Hall–Kier alpha value is -6.76. The first-order valence-corrected chi connectivity index (χ1v) is 20.7. The summed E-state index contributed by atoms with van der Waals surface area (Å²) in [5.41, 5.74) is 18.6. The van der Waals surface area contributed by atoms with Crippen molar-refractivity contribution in [1.29, 1.82) is 0 Å². The van der Waals surface area contributed by atoms with E-state index in [-0.39, 0.29) is 10.8 Å². The monoisotopic (exact) mass is 738 g/mol. The van der Waals surface area contributed by atoms with Gasteiger partial charge in [-0.3, -0.25) is 0 Å². The standard InChI is InChI=1S/C58H42/c1-57(2)52-33-36(39-23-14-25-49-40(39)31-32-50-41-18-11-12-26-51(41)58(3,4)56(49)50)27-29-42(52)43-30-28-37(34-53(43)57)54-45-19-7-9-21-47(45)55(48-22-10-8-20-46(48)54)44-24-13-16-35-15-5-6-17-38(35)44/h5-34H,1-4H3. The molecule has 0 bridgehead atoms. The molecule has 2 aliphatic rings. The van der Waals surface area contributed by atoms with Crippen LogP contribution in [0.4, 0.5) is 0 Å². The van der Waals surface area contributed by atoms with Gasteiger partial charge in [-0.25, -0.2) is 0 Å². The normalized spacial score (nSPS) is 14.5. The quantitative estimate of drug-likeness (QED) is 0.158. The smallest absolute Gasteiger partial charge is 0.0165 e. The molecular formula is C58H42. The van der Waals surface area contributed by atoms with E-state index in [0.29, 0.717) is 0 Å². The molecule has 0 heterocycles. The molecule has 0 unspecified atom stereocenters. The third-order valence-electron chi connectivity index (χ3n) is 13.8. The van der Waals surface area contributed by atoms with E-state index in [2.05, 4.69) is 210 Å². The number of hydrogen-bond donors (Lipinski definition) is 0. The highest BCUT2D eigenvalue weighted by Crippen LogP contribution is 2.55. The highest BCUT2D eigenvalue weighted by Gasteiger charge is 2.38. The van der Waals surface area contributed by atoms with Crippen LogP contribution in [-0.4, -0.2) is 0 Å². The summed E-state index contributed by atoms with van der Waals surface area (Å²) in [7, 11) is 0. The zero-order valence-corrected chi connectivity index (χ0v) is 33.3. The fourth-order valence-electron chi connectivity index (χ4n) is 11.1. The van der Waals surface area contributed by atoms with Gasteiger partial charge in [-0.05, 0) is 133 Å². The predicted octanol–water partition coefficient (Wildman–Crippen LogP) is 15.9. The van der Waals surface area contributed by atoms with E-state index in [4.69, 9.17) is 0 Å². The van der Waals surface area contributed by atoms with Crippen LogP contribution >= 0.6 is 0 Å². The molecule has 0 saturated heterocycles. The minimum absolute atomic E-state index is 0.0593. The molecule has 0 N–H and O–H groups in total. The minimum atomic E-state index is -0.180. The molecule has 0 radical (unpaired) electrons. The molecule has 0 saturated carbocycles. The number of fused-ring (bicyclic) bond motifs is 11. The van der Waals surface area contributed by atoms with Crippen LogP contribution in [0.25, 0.3) is 98.7 Å². The Morgan fingerprint density at radius 1 is 0.276 bits per heavy atom. The van der Waals surface area contributed by atoms with Gasteiger partial charge in [0.25, 0.3) is 0 Å². The van der Waals surface area contributed by atoms with Crippen LogP contribution in [-0.2, 0) is 10.8 Å². The number of rotatable bonds is 3. The van der Waals surface area contributed by atoms with Gasteiger partial charge >= 0.3 is 0 Å². The lowest BCUT2D eigenvalue weighted by molar-refractivity contribution is 0.661. The van der Waals surface area contributed by atoms with Crippen molar-refractivity contribution in [1.82, 2.24) is 0 Å². The van der Waals surface area contributed by atoms with E-state index in [1.807, 2.05) is 0 Å². The van der Waals surface area contributed by atoms with Gasteiger partial charge in [-0.2, -0.15) is 0 Å². The van der Waals surface area contributed by atoms with Crippen LogP contribution in [0.5, 0.6) is 0 Å². The third kappa shape index (κ3) is 4.46. The van der Waals surface area contributed by atoms with Gasteiger partial charge < -0.3 is 0 Å². The Balaban J connectivity index is 1.01. The van der Waals surface area contributed by atoms with Crippen LogP contribution in [0.1, 0.15) is 49.9 Å².